The average molecular weight is 365 g/mol. The van der Waals surface area contributed by atoms with Crippen LogP contribution in [0.25, 0.3) is 0 Å². The molecule has 0 aliphatic carbocycles. The van der Waals surface area contributed by atoms with Crippen LogP contribution in [-0.4, -0.2) is 29.9 Å². The van der Waals surface area contributed by atoms with E-state index in [1.54, 1.807) is 23.2 Å². The first-order chi connectivity index (χ1) is 8.04. The van der Waals surface area contributed by atoms with Gasteiger partial charge in [0, 0.05) is 32.4 Å². The molecule has 6 heteroatoms. The lowest BCUT2D eigenvalue weighted by atomic mass is 10.1. The van der Waals surface area contributed by atoms with Gasteiger partial charge in [-0.3, -0.25) is 4.79 Å². The van der Waals surface area contributed by atoms with Crippen molar-refractivity contribution in [3.8, 4) is 11.5 Å². The fraction of sp³-hybridized carbons (Fsp3) is 0.182. The van der Waals surface area contributed by atoms with Crippen molar-refractivity contribution in [2.45, 2.75) is 0 Å². The molecular weight excluding hydrogens is 352 g/mol. The maximum atomic E-state index is 11.7. The van der Waals surface area contributed by atoms with Crippen LogP contribution < -0.4 is 4.52 Å². The molecule has 0 saturated carbocycles. The van der Waals surface area contributed by atoms with Gasteiger partial charge in [0.25, 0.3) is 0 Å². The number of hydrogen-bond acceptors (Lipinski definition) is 4. The van der Waals surface area contributed by atoms with Crippen molar-refractivity contribution in [1.29, 1.82) is 0 Å². The van der Waals surface area contributed by atoms with Crippen LogP contribution in [0.4, 0.5) is 0 Å². The zero-order valence-electron chi connectivity index (χ0n) is 9.48. The van der Waals surface area contributed by atoms with Crippen molar-refractivity contribution in [3.05, 3.63) is 36.0 Å². The molecule has 0 heterocycles. The fourth-order valence-corrected chi connectivity index (χ4v) is 2.11. The fourth-order valence-electron chi connectivity index (χ4n) is 1.13. The van der Waals surface area contributed by atoms with Gasteiger partial charge >= 0.3 is 0 Å². The Kier molecular flexibility index (Phi) is 5.71. The molecular formula is C11H13INO3P. The van der Waals surface area contributed by atoms with Gasteiger partial charge in [0.1, 0.15) is 17.9 Å². The molecule has 1 N–H and O–H groups in total. The zero-order chi connectivity index (χ0) is 12.8. The number of aromatic hydroxyl groups is 1. The number of phenols is 1. The van der Waals surface area contributed by atoms with E-state index in [0.717, 1.165) is 0 Å². The Hall–Kier alpha value is -0.810. The van der Waals surface area contributed by atoms with E-state index in [0.29, 0.717) is 5.75 Å². The van der Waals surface area contributed by atoms with E-state index in [9.17, 15) is 9.90 Å². The summed E-state index contributed by atoms with van der Waals surface area (Å²) in [5.74, 6) is 0.258. The number of allylic oxidation sites excluding steroid dienone is 1. The Morgan fingerprint density at radius 1 is 1.53 bits per heavy atom. The monoisotopic (exact) mass is 365 g/mol. The van der Waals surface area contributed by atoms with E-state index in [2.05, 4.69) is 22.0 Å². The molecule has 0 amide bonds. The summed E-state index contributed by atoms with van der Waals surface area (Å²) in [6, 6.07) is 4.67. The van der Waals surface area contributed by atoms with Crippen molar-refractivity contribution in [2.24, 2.45) is 0 Å². The molecule has 0 saturated heterocycles. The quantitative estimate of drug-likeness (QED) is 0.377. The van der Waals surface area contributed by atoms with Gasteiger partial charge in [0.05, 0.1) is 5.56 Å². The van der Waals surface area contributed by atoms with Gasteiger partial charge in [-0.05, 0) is 34.2 Å². The van der Waals surface area contributed by atoms with Crippen LogP contribution in [0.1, 0.15) is 10.4 Å². The summed E-state index contributed by atoms with van der Waals surface area (Å²) >= 11 is 2.09. The van der Waals surface area contributed by atoms with Crippen LogP contribution in [0.5, 0.6) is 11.5 Å². The molecule has 0 radical (unpaired) electrons. The lowest BCUT2D eigenvalue weighted by Crippen LogP contribution is -2.03. The van der Waals surface area contributed by atoms with E-state index in [-0.39, 0.29) is 23.5 Å². The summed E-state index contributed by atoms with van der Waals surface area (Å²) in [5.41, 5.74) is 0.271. The summed E-state index contributed by atoms with van der Waals surface area (Å²) in [6.07, 6.45) is 3.05. The number of phenolic OH excluding ortho intramolecular Hbond substituents is 1. The number of hydrogen-bond donors (Lipinski definition) is 1. The molecule has 0 spiro atoms. The highest BCUT2D eigenvalue weighted by molar-refractivity contribution is 14.2. The van der Waals surface area contributed by atoms with Crippen LogP contribution in [-0.2, 0) is 0 Å². The molecule has 1 aromatic rings. The predicted molar refractivity (Wildman–Crippen MR) is 78.2 cm³/mol. The van der Waals surface area contributed by atoms with Crippen molar-refractivity contribution < 1.29 is 14.4 Å². The standard InChI is InChI=1S/C11H13INO3P/c1-13(2)6-5-10(14)9-4-3-8(16-17-12)7-11(9)15/h3-7,15,17H,1-2H3/b6-5+. The molecule has 0 aromatic heterocycles. The van der Waals surface area contributed by atoms with Gasteiger partial charge in [-0.2, -0.15) is 0 Å². The minimum atomic E-state index is -0.236. The Morgan fingerprint density at radius 2 is 2.24 bits per heavy atom. The molecule has 92 valence electrons. The number of carbonyl (C=O) groups is 1. The summed E-state index contributed by atoms with van der Waals surface area (Å²) in [4.78, 5) is 13.5. The van der Waals surface area contributed by atoms with E-state index in [4.69, 9.17) is 4.52 Å². The third kappa shape index (κ3) is 4.52. The number of benzene rings is 1. The van der Waals surface area contributed by atoms with Crippen molar-refractivity contribution in [3.63, 3.8) is 0 Å². The van der Waals surface area contributed by atoms with Crippen LogP contribution >= 0.6 is 28.5 Å². The third-order valence-electron chi connectivity index (χ3n) is 1.92. The van der Waals surface area contributed by atoms with Crippen LogP contribution in [0.15, 0.2) is 30.5 Å². The summed E-state index contributed by atoms with van der Waals surface area (Å²) in [5, 5.41) is 9.71. The largest absolute Gasteiger partial charge is 0.507 e. The first kappa shape index (κ1) is 14.3. The Morgan fingerprint density at radius 3 is 2.76 bits per heavy atom. The summed E-state index contributed by atoms with van der Waals surface area (Å²) in [6.45, 7) is 0.273. The molecule has 1 rings (SSSR count). The van der Waals surface area contributed by atoms with E-state index in [1.807, 2.05) is 14.1 Å². The molecule has 17 heavy (non-hydrogen) atoms. The molecule has 1 atom stereocenters. The zero-order valence-corrected chi connectivity index (χ0v) is 12.6. The number of ketones is 1. The topological polar surface area (TPSA) is 49.8 Å². The number of rotatable bonds is 5. The van der Waals surface area contributed by atoms with E-state index >= 15 is 0 Å². The minimum absolute atomic E-state index is 0.0643. The van der Waals surface area contributed by atoms with Gasteiger partial charge < -0.3 is 14.5 Å². The molecule has 0 aliphatic heterocycles. The normalized spacial score (nSPS) is 11.2. The lowest BCUT2D eigenvalue weighted by Gasteiger charge is -2.06. The number of carbonyl (C=O) groups excluding carboxylic acids is 1. The number of halogens is 1. The van der Waals surface area contributed by atoms with Crippen molar-refractivity contribution in [2.75, 3.05) is 14.1 Å². The molecule has 4 nitrogen and oxygen atoms in total. The third-order valence-corrected chi connectivity index (χ3v) is 2.89. The predicted octanol–water partition coefficient (Wildman–Crippen LogP) is 2.97. The first-order valence-electron chi connectivity index (χ1n) is 4.79. The van der Waals surface area contributed by atoms with E-state index < -0.39 is 0 Å². The molecule has 0 aliphatic rings. The Labute approximate surface area is 115 Å². The van der Waals surface area contributed by atoms with Crippen molar-refractivity contribution in [1.82, 2.24) is 4.90 Å². The van der Waals surface area contributed by atoms with Crippen LogP contribution in [0.2, 0.25) is 0 Å². The lowest BCUT2D eigenvalue weighted by molar-refractivity contribution is 0.104. The van der Waals surface area contributed by atoms with Gasteiger partial charge in [0.2, 0.25) is 0 Å². The SMILES string of the molecule is CN(C)/C=C/C(=O)c1ccc(OPI)cc1O. The highest BCUT2D eigenvalue weighted by Gasteiger charge is 2.09. The molecule has 1 aromatic carbocycles. The van der Waals surface area contributed by atoms with Crippen LogP contribution in [0.3, 0.4) is 0 Å². The van der Waals surface area contributed by atoms with Gasteiger partial charge in [-0.15, -0.1) is 0 Å². The Bertz CT molecular complexity index is 435. The molecule has 0 fully saturated rings. The summed E-state index contributed by atoms with van der Waals surface area (Å²) in [7, 11) is 3.64. The number of nitrogens with zero attached hydrogens (tertiary/aromatic N) is 1. The average Bonchev–Trinajstić information content (AvgIpc) is 2.26. The van der Waals surface area contributed by atoms with E-state index in [1.165, 1.54) is 12.1 Å². The highest BCUT2D eigenvalue weighted by Crippen LogP contribution is 2.30. The van der Waals surface area contributed by atoms with Gasteiger partial charge in [-0.25, -0.2) is 0 Å². The smallest absolute Gasteiger partial charge is 0.190 e. The first-order valence-corrected chi connectivity index (χ1v) is 8.81. The maximum absolute atomic E-state index is 11.7. The van der Waals surface area contributed by atoms with Crippen molar-refractivity contribution >= 4 is 34.3 Å². The maximum Gasteiger partial charge on any atom is 0.190 e. The van der Waals surface area contributed by atoms with Crippen LogP contribution in [0, 0.1) is 0 Å². The highest BCUT2D eigenvalue weighted by atomic mass is 127. The van der Waals surface area contributed by atoms with Gasteiger partial charge in [-0.1, -0.05) is 0 Å². The second kappa shape index (κ2) is 6.81. The Balaban J connectivity index is 2.88. The second-order valence-electron chi connectivity index (χ2n) is 3.50. The summed E-state index contributed by atoms with van der Waals surface area (Å²) < 4.78 is 5.24. The second-order valence-corrected chi connectivity index (χ2v) is 5.18. The van der Waals surface area contributed by atoms with Gasteiger partial charge in [0.15, 0.2) is 5.78 Å². The molecule has 1 unspecified atom stereocenters. The molecule has 0 bridgehead atoms. The minimum Gasteiger partial charge on any atom is -0.507 e.